The lowest BCUT2D eigenvalue weighted by atomic mass is 9.91. The minimum Gasteiger partial charge on any atom is -0.459 e. The normalized spacial score (nSPS) is 39.9. The molecule has 1 unspecified atom stereocenters. The van der Waals surface area contributed by atoms with Gasteiger partial charge in [0.05, 0.1) is 12.1 Å². The molecule has 3 aliphatic rings. The maximum Gasteiger partial charge on any atom is 0.330 e. The van der Waals surface area contributed by atoms with Gasteiger partial charge in [0.25, 0.3) is 5.24 Å². The van der Waals surface area contributed by atoms with Gasteiger partial charge in [-0.25, -0.2) is 4.79 Å². The molecule has 0 radical (unpaired) electrons. The second-order valence-corrected chi connectivity index (χ2v) is 8.30. The Bertz CT molecular complexity index is 605. The largest absolute Gasteiger partial charge is 0.459 e. The van der Waals surface area contributed by atoms with Crippen LogP contribution in [-0.4, -0.2) is 46.1 Å². The average Bonchev–Trinajstić information content (AvgIpc) is 3.00. The highest BCUT2D eigenvalue weighted by Crippen LogP contribution is 2.36. The SMILES string of the molecule is C/C1=C/C(=O)O[C@@H]2C[C@@H](CCC/C=C\CC1)O[C@@](O)(C1CSC(=O)N1)C2. The fraction of sp³-hybridized carbons (Fsp3) is 0.684. The van der Waals surface area contributed by atoms with Crippen molar-refractivity contribution in [3.05, 3.63) is 23.8 Å². The maximum atomic E-state index is 12.2. The number of hydrogen-bond acceptors (Lipinski definition) is 6. The predicted molar refractivity (Wildman–Crippen MR) is 99.7 cm³/mol. The quantitative estimate of drug-likeness (QED) is 0.536. The molecule has 0 aromatic heterocycles. The Morgan fingerprint density at radius 2 is 2.08 bits per heavy atom. The van der Waals surface area contributed by atoms with Gasteiger partial charge in [0.2, 0.25) is 0 Å². The van der Waals surface area contributed by atoms with Crippen molar-refractivity contribution in [3.63, 3.8) is 0 Å². The van der Waals surface area contributed by atoms with Crippen molar-refractivity contribution in [3.8, 4) is 0 Å². The highest BCUT2D eigenvalue weighted by molar-refractivity contribution is 8.14. The molecule has 0 aromatic carbocycles. The molecular formula is C19H27NO5S. The Hall–Kier alpha value is -1.31. The van der Waals surface area contributed by atoms with Gasteiger partial charge in [-0.3, -0.25) is 4.79 Å². The van der Waals surface area contributed by atoms with E-state index in [1.807, 2.05) is 6.92 Å². The van der Waals surface area contributed by atoms with E-state index in [1.165, 1.54) is 6.08 Å². The second kappa shape index (κ2) is 8.59. The Morgan fingerprint density at radius 3 is 2.85 bits per heavy atom. The van der Waals surface area contributed by atoms with Crippen LogP contribution in [0.3, 0.4) is 0 Å². The summed E-state index contributed by atoms with van der Waals surface area (Å²) in [4.78, 5) is 23.8. The second-order valence-electron chi connectivity index (χ2n) is 7.31. The van der Waals surface area contributed by atoms with E-state index in [0.29, 0.717) is 12.2 Å². The summed E-state index contributed by atoms with van der Waals surface area (Å²) >= 11 is 1.14. The van der Waals surface area contributed by atoms with Crippen molar-refractivity contribution >= 4 is 23.0 Å². The van der Waals surface area contributed by atoms with E-state index in [9.17, 15) is 14.7 Å². The van der Waals surface area contributed by atoms with E-state index in [-0.39, 0.29) is 23.7 Å². The van der Waals surface area contributed by atoms with Gasteiger partial charge in [-0.15, -0.1) is 0 Å². The van der Waals surface area contributed by atoms with Crippen LogP contribution < -0.4 is 5.32 Å². The number of carbonyl (C=O) groups is 2. The van der Waals surface area contributed by atoms with Crippen molar-refractivity contribution in [1.29, 1.82) is 0 Å². The smallest absolute Gasteiger partial charge is 0.330 e. The Kier molecular flexibility index (Phi) is 6.42. The van der Waals surface area contributed by atoms with Crippen LogP contribution in [0, 0.1) is 0 Å². The lowest BCUT2D eigenvalue weighted by molar-refractivity contribution is -0.283. The minimum atomic E-state index is -1.50. The van der Waals surface area contributed by atoms with Gasteiger partial charge < -0.3 is 19.9 Å². The molecular weight excluding hydrogens is 354 g/mol. The molecule has 2 N–H and O–H groups in total. The molecule has 1 amide bonds. The lowest BCUT2D eigenvalue weighted by Crippen LogP contribution is -2.58. The standard InChI is InChI=1S/C19H27NO5S/c1-13-7-5-3-2-4-6-8-14-10-15(24-17(21)9-13)11-19(23,25-14)16-12-26-18(22)20-16/h2-3,9,14-16,23H,4-8,10-12H2,1H3,(H,20,22)/b3-2-,13-9-/t14-,15-,16?,19-/m1/s1. The van der Waals surface area contributed by atoms with E-state index in [4.69, 9.17) is 9.47 Å². The number of amides is 1. The molecule has 2 fully saturated rings. The van der Waals surface area contributed by atoms with Crippen molar-refractivity contribution in [2.75, 3.05) is 5.75 Å². The first-order valence-electron chi connectivity index (χ1n) is 9.31. The topological polar surface area (TPSA) is 84.9 Å². The summed E-state index contributed by atoms with van der Waals surface area (Å²) in [5.74, 6) is -1.43. The van der Waals surface area contributed by atoms with Crippen molar-refractivity contribution in [2.45, 2.75) is 75.9 Å². The zero-order valence-electron chi connectivity index (χ0n) is 15.1. The van der Waals surface area contributed by atoms with E-state index >= 15 is 0 Å². The van der Waals surface area contributed by atoms with Crippen LogP contribution in [-0.2, 0) is 14.3 Å². The van der Waals surface area contributed by atoms with Crippen molar-refractivity contribution in [1.82, 2.24) is 5.32 Å². The van der Waals surface area contributed by atoms with E-state index < -0.39 is 17.9 Å². The molecule has 0 aromatic rings. The molecule has 0 spiro atoms. The third kappa shape index (κ3) is 5.11. The third-order valence-electron chi connectivity index (χ3n) is 5.05. The molecule has 2 bridgehead atoms. The number of esters is 1. The molecule has 4 atom stereocenters. The Morgan fingerprint density at radius 1 is 1.27 bits per heavy atom. The van der Waals surface area contributed by atoms with Gasteiger partial charge in [0, 0.05) is 24.7 Å². The van der Waals surface area contributed by atoms with Gasteiger partial charge in [0.1, 0.15) is 6.10 Å². The molecule has 144 valence electrons. The number of fused-ring (bicyclic) bond motifs is 2. The van der Waals surface area contributed by atoms with E-state index in [1.54, 1.807) is 0 Å². The highest BCUT2D eigenvalue weighted by atomic mass is 32.2. The summed E-state index contributed by atoms with van der Waals surface area (Å²) in [5.41, 5.74) is 0.982. The number of aliphatic hydroxyl groups is 1. The minimum absolute atomic E-state index is 0.159. The van der Waals surface area contributed by atoms with Crippen LogP contribution >= 0.6 is 11.8 Å². The molecule has 3 heterocycles. The van der Waals surface area contributed by atoms with Crippen molar-refractivity contribution < 1.29 is 24.2 Å². The lowest BCUT2D eigenvalue weighted by Gasteiger charge is -2.43. The number of hydrogen-bond donors (Lipinski definition) is 2. The number of carbonyl (C=O) groups excluding carboxylic acids is 2. The number of nitrogens with one attached hydrogen (secondary N) is 1. The first kappa shape index (κ1) is 19.5. The average molecular weight is 381 g/mol. The van der Waals surface area contributed by atoms with Gasteiger partial charge >= 0.3 is 5.97 Å². The summed E-state index contributed by atoms with van der Waals surface area (Å²) in [5, 5.41) is 13.7. The van der Waals surface area contributed by atoms with Gasteiger partial charge in [-0.2, -0.15) is 0 Å². The molecule has 6 nitrogen and oxygen atoms in total. The number of thioether (sulfide) groups is 1. The summed E-state index contributed by atoms with van der Waals surface area (Å²) < 4.78 is 11.6. The van der Waals surface area contributed by atoms with E-state index in [2.05, 4.69) is 17.5 Å². The zero-order valence-corrected chi connectivity index (χ0v) is 15.9. The zero-order chi connectivity index (χ0) is 18.6. The number of rotatable bonds is 1. The molecule has 3 aliphatic heterocycles. The van der Waals surface area contributed by atoms with Crippen LogP contribution in [0.5, 0.6) is 0 Å². The highest BCUT2D eigenvalue weighted by Gasteiger charge is 2.49. The van der Waals surface area contributed by atoms with Crippen molar-refractivity contribution in [2.24, 2.45) is 0 Å². The van der Waals surface area contributed by atoms with Crippen LogP contribution in [0.1, 0.15) is 51.9 Å². The molecule has 26 heavy (non-hydrogen) atoms. The van der Waals surface area contributed by atoms with Crippen LogP contribution in [0.15, 0.2) is 23.8 Å². The van der Waals surface area contributed by atoms with Gasteiger partial charge in [0.15, 0.2) is 5.79 Å². The monoisotopic (exact) mass is 381 g/mol. The number of ether oxygens (including phenoxy) is 2. The van der Waals surface area contributed by atoms with Crippen LogP contribution in [0.4, 0.5) is 4.79 Å². The fourth-order valence-electron chi connectivity index (χ4n) is 3.69. The third-order valence-corrected chi connectivity index (χ3v) is 5.93. The maximum absolute atomic E-state index is 12.2. The van der Waals surface area contributed by atoms with Crippen LogP contribution in [0.2, 0.25) is 0 Å². The first-order valence-corrected chi connectivity index (χ1v) is 10.3. The Labute approximate surface area is 158 Å². The molecule has 2 saturated heterocycles. The summed E-state index contributed by atoms with van der Waals surface area (Å²) in [6, 6.07) is -0.486. The summed E-state index contributed by atoms with van der Waals surface area (Å²) in [6.07, 6.45) is 10.4. The molecule has 7 heteroatoms. The van der Waals surface area contributed by atoms with Gasteiger partial charge in [-0.05, 0) is 39.0 Å². The Balaban J connectivity index is 1.76. The number of allylic oxidation sites excluding steroid dienone is 3. The molecule has 0 aliphatic carbocycles. The first-order chi connectivity index (χ1) is 12.4. The molecule has 3 rings (SSSR count). The predicted octanol–water partition coefficient (Wildman–Crippen LogP) is 3.06. The van der Waals surface area contributed by atoms with Crippen LogP contribution in [0.25, 0.3) is 0 Å². The fourth-order valence-corrected chi connectivity index (χ4v) is 4.58. The summed E-state index contributed by atoms with van der Waals surface area (Å²) in [7, 11) is 0. The van der Waals surface area contributed by atoms with E-state index in [0.717, 1.165) is 49.4 Å². The van der Waals surface area contributed by atoms with Gasteiger partial charge in [-0.1, -0.05) is 29.5 Å². The molecule has 0 saturated carbocycles. The summed E-state index contributed by atoms with van der Waals surface area (Å²) in [6.45, 7) is 1.93.